The van der Waals surface area contributed by atoms with E-state index >= 15 is 0 Å². The molecule has 0 aromatic heterocycles. The molecule has 0 heterocycles. The van der Waals surface area contributed by atoms with Crippen LogP contribution in [-0.4, -0.2) is 47.0 Å². The summed E-state index contributed by atoms with van der Waals surface area (Å²) in [6.45, 7) is 2.74. The molecule has 2 aromatic carbocycles. The average molecular weight is 533 g/mol. The van der Waals surface area contributed by atoms with Gasteiger partial charge in [-0.25, -0.2) is 4.39 Å². The van der Waals surface area contributed by atoms with Gasteiger partial charge in [0.25, 0.3) is 0 Å². The molecule has 0 bridgehead atoms. The second-order valence-electron chi connectivity index (χ2n) is 6.18. The minimum atomic E-state index is -0.387. The van der Waals surface area contributed by atoms with Crippen molar-refractivity contribution in [3.8, 4) is 23.0 Å². The van der Waals surface area contributed by atoms with Crippen LogP contribution in [0.5, 0.6) is 23.0 Å². The second-order valence-corrected chi connectivity index (χ2v) is 6.18. The number of guanidine groups is 1. The van der Waals surface area contributed by atoms with Gasteiger partial charge in [-0.2, -0.15) is 0 Å². The Hall–Kier alpha value is -2.43. The molecule has 1 atom stereocenters. The van der Waals surface area contributed by atoms with Gasteiger partial charge in [-0.3, -0.25) is 4.99 Å². The summed E-state index contributed by atoms with van der Waals surface area (Å²) >= 11 is 0. The Balaban J connectivity index is 0.00000450. The third-order valence-corrected chi connectivity index (χ3v) is 4.18. The first-order valence-corrected chi connectivity index (χ1v) is 9.17. The molecular formula is C21H29FIN3O4. The number of ether oxygens (including phenoxy) is 4. The highest BCUT2D eigenvalue weighted by atomic mass is 127. The van der Waals surface area contributed by atoms with Gasteiger partial charge in [0.1, 0.15) is 11.9 Å². The number of halogens is 2. The number of hydrogen-bond acceptors (Lipinski definition) is 5. The second kappa shape index (κ2) is 13.0. The molecule has 2 rings (SSSR count). The van der Waals surface area contributed by atoms with E-state index in [-0.39, 0.29) is 41.6 Å². The van der Waals surface area contributed by atoms with E-state index in [9.17, 15) is 4.39 Å². The van der Waals surface area contributed by atoms with Gasteiger partial charge >= 0.3 is 0 Å². The van der Waals surface area contributed by atoms with Gasteiger partial charge in [0, 0.05) is 25.2 Å². The first kappa shape index (κ1) is 25.6. The lowest BCUT2D eigenvalue weighted by molar-refractivity contribution is 0.214. The van der Waals surface area contributed by atoms with Gasteiger partial charge in [0.2, 0.25) is 0 Å². The molecule has 0 saturated carbocycles. The van der Waals surface area contributed by atoms with E-state index < -0.39 is 0 Å². The normalized spacial score (nSPS) is 11.7. The van der Waals surface area contributed by atoms with E-state index in [2.05, 4.69) is 15.6 Å². The maximum atomic E-state index is 13.7. The summed E-state index contributed by atoms with van der Waals surface area (Å²) in [4.78, 5) is 4.20. The van der Waals surface area contributed by atoms with Gasteiger partial charge in [-0.05, 0) is 25.1 Å². The third-order valence-electron chi connectivity index (χ3n) is 4.18. The van der Waals surface area contributed by atoms with Crippen LogP contribution in [0.15, 0.2) is 41.4 Å². The van der Waals surface area contributed by atoms with E-state index in [0.717, 1.165) is 5.56 Å². The topological polar surface area (TPSA) is 73.3 Å². The number of benzene rings is 2. The number of nitrogens with zero attached hydrogens (tertiary/aromatic N) is 1. The number of aliphatic imine (C=N–C) groups is 1. The SMILES string of the molecule is CN=C(NCc1cc(OC)c(OC)cc1OC)NCC(C)Oc1ccccc1F.I. The van der Waals surface area contributed by atoms with Gasteiger partial charge in [-0.1, -0.05) is 12.1 Å². The fourth-order valence-electron chi connectivity index (χ4n) is 2.67. The number of methoxy groups -OCH3 is 3. The molecule has 2 N–H and O–H groups in total. The highest BCUT2D eigenvalue weighted by Crippen LogP contribution is 2.34. The summed E-state index contributed by atoms with van der Waals surface area (Å²) in [5.74, 6) is 2.28. The monoisotopic (exact) mass is 533 g/mol. The van der Waals surface area contributed by atoms with E-state index in [1.165, 1.54) is 6.07 Å². The van der Waals surface area contributed by atoms with Crippen LogP contribution < -0.4 is 29.6 Å². The largest absolute Gasteiger partial charge is 0.496 e. The molecule has 1 unspecified atom stereocenters. The Kier molecular flexibility index (Phi) is 11.1. The van der Waals surface area contributed by atoms with Crippen molar-refractivity contribution in [1.82, 2.24) is 10.6 Å². The van der Waals surface area contributed by atoms with Crippen LogP contribution in [0.25, 0.3) is 0 Å². The molecule has 0 amide bonds. The van der Waals surface area contributed by atoms with E-state index in [0.29, 0.717) is 36.3 Å². The standard InChI is InChI=1S/C21H28FN3O4.HI/c1-14(29-17-9-7-6-8-16(17)22)12-24-21(23-2)25-13-15-10-19(27-4)20(28-5)11-18(15)26-3;/h6-11,14H,12-13H2,1-5H3,(H2,23,24,25);1H. The zero-order valence-electron chi connectivity index (χ0n) is 17.8. The Labute approximate surface area is 194 Å². The van der Waals surface area contributed by atoms with E-state index in [1.807, 2.05) is 13.0 Å². The molecule has 9 heteroatoms. The summed E-state index contributed by atoms with van der Waals surface area (Å²) in [5.41, 5.74) is 0.878. The molecule has 7 nitrogen and oxygen atoms in total. The lowest BCUT2D eigenvalue weighted by Gasteiger charge is -2.19. The van der Waals surface area contributed by atoms with Crippen LogP contribution >= 0.6 is 24.0 Å². The molecule has 2 aromatic rings. The van der Waals surface area contributed by atoms with Crippen LogP contribution in [0.4, 0.5) is 4.39 Å². The molecule has 0 aliphatic heterocycles. The molecular weight excluding hydrogens is 504 g/mol. The van der Waals surface area contributed by atoms with Crippen molar-refractivity contribution >= 4 is 29.9 Å². The van der Waals surface area contributed by atoms with Crippen LogP contribution in [-0.2, 0) is 6.54 Å². The van der Waals surface area contributed by atoms with Crippen molar-refractivity contribution < 1.29 is 23.3 Å². The van der Waals surface area contributed by atoms with Crippen molar-refractivity contribution in [2.75, 3.05) is 34.9 Å². The maximum absolute atomic E-state index is 13.7. The average Bonchev–Trinajstić information content (AvgIpc) is 2.74. The van der Waals surface area contributed by atoms with E-state index in [1.54, 1.807) is 52.6 Å². The zero-order chi connectivity index (χ0) is 21.2. The molecule has 0 spiro atoms. The van der Waals surface area contributed by atoms with Gasteiger partial charge in [-0.15, -0.1) is 24.0 Å². The Morgan fingerprint density at radius 3 is 2.20 bits per heavy atom. The zero-order valence-corrected chi connectivity index (χ0v) is 20.2. The Morgan fingerprint density at radius 2 is 1.60 bits per heavy atom. The molecule has 0 aliphatic rings. The predicted octanol–water partition coefficient (Wildman–Crippen LogP) is 3.60. The van der Waals surface area contributed by atoms with Crippen LogP contribution in [0.1, 0.15) is 12.5 Å². The lowest BCUT2D eigenvalue weighted by Crippen LogP contribution is -2.41. The number of hydrogen-bond donors (Lipinski definition) is 2. The fraction of sp³-hybridized carbons (Fsp3) is 0.381. The summed E-state index contributed by atoms with van der Waals surface area (Å²) in [6.07, 6.45) is -0.263. The summed E-state index contributed by atoms with van der Waals surface area (Å²) < 4.78 is 35.4. The summed E-state index contributed by atoms with van der Waals surface area (Å²) in [5, 5.41) is 6.38. The van der Waals surface area contributed by atoms with Gasteiger partial charge in [0.15, 0.2) is 29.0 Å². The molecule has 0 fully saturated rings. The number of nitrogens with one attached hydrogen (secondary N) is 2. The van der Waals surface area contributed by atoms with Crippen LogP contribution in [0.2, 0.25) is 0 Å². The fourth-order valence-corrected chi connectivity index (χ4v) is 2.67. The first-order valence-electron chi connectivity index (χ1n) is 9.17. The Bertz CT molecular complexity index is 836. The summed E-state index contributed by atoms with van der Waals surface area (Å²) in [7, 11) is 6.42. The van der Waals surface area contributed by atoms with Crippen LogP contribution in [0.3, 0.4) is 0 Å². The number of rotatable bonds is 9. The van der Waals surface area contributed by atoms with Crippen molar-refractivity contribution in [2.45, 2.75) is 19.6 Å². The molecule has 30 heavy (non-hydrogen) atoms. The molecule has 0 radical (unpaired) electrons. The number of para-hydroxylation sites is 1. The van der Waals surface area contributed by atoms with Crippen molar-refractivity contribution in [2.24, 2.45) is 4.99 Å². The Morgan fingerprint density at radius 1 is 0.967 bits per heavy atom. The first-order chi connectivity index (χ1) is 14.0. The smallest absolute Gasteiger partial charge is 0.191 e. The highest BCUT2D eigenvalue weighted by molar-refractivity contribution is 14.0. The summed E-state index contributed by atoms with van der Waals surface area (Å²) in [6, 6.07) is 9.95. The maximum Gasteiger partial charge on any atom is 0.191 e. The van der Waals surface area contributed by atoms with Crippen molar-refractivity contribution in [3.63, 3.8) is 0 Å². The molecule has 166 valence electrons. The van der Waals surface area contributed by atoms with Crippen molar-refractivity contribution in [3.05, 3.63) is 47.8 Å². The molecule has 0 aliphatic carbocycles. The van der Waals surface area contributed by atoms with Crippen LogP contribution in [0, 0.1) is 5.82 Å². The molecule has 0 saturated heterocycles. The highest BCUT2D eigenvalue weighted by Gasteiger charge is 2.13. The van der Waals surface area contributed by atoms with Gasteiger partial charge in [0.05, 0.1) is 27.9 Å². The minimum Gasteiger partial charge on any atom is -0.496 e. The lowest BCUT2D eigenvalue weighted by atomic mass is 10.1. The minimum absolute atomic E-state index is 0. The third kappa shape index (κ3) is 7.12. The quantitative estimate of drug-likeness (QED) is 0.292. The van der Waals surface area contributed by atoms with Gasteiger partial charge < -0.3 is 29.6 Å². The van der Waals surface area contributed by atoms with Crippen molar-refractivity contribution in [1.29, 1.82) is 0 Å². The predicted molar refractivity (Wildman–Crippen MR) is 126 cm³/mol. The van der Waals surface area contributed by atoms with E-state index in [4.69, 9.17) is 18.9 Å².